The lowest BCUT2D eigenvalue weighted by atomic mass is 10.1. The Morgan fingerprint density at radius 3 is 2.60 bits per heavy atom. The van der Waals surface area contributed by atoms with Crippen LogP contribution in [-0.2, 0) is 22.7 Å². The van der Waals surface area contributed by atoms with E-state index in [4.69, 9.17) is 14.6 Å². The second-order valence-corrected chi connectivity index (χ2v) is 3.77. The minimum Gasteiger partial charge on any atom is -0.392 e. The van der Waals surface area contributed by atoms with Crippen LogP contribution in [-0.4, -0.2) is 24.4 Å². The van der Waals surface area contributed by atoms with Gasteiger partial charge in [-0.2, -0.15) is 0 Å². The average Bonchev–Trinajstić information content (AvgIpc) is 2.80. The minimum absolute atomic E-state index is 0.0948. The third-order valence-corrected chi connectivity index (χ3v) is 2.58. The van der Waals surface area contributed by atoms with Gasteiger partial charge in [-0.25, -0.2) is 0 Å². The average molecular weight is 208 g/mol. The number of benzene rings is 1. The fourth-order valence-corrected chi connectivity index (χ4v) is 1.60. The van der Waals surface area contributed by atoms with Crippen LogP contribution in [0.1, 0.15) is 17.5 Å². The molecule has 15 heavy (non-hydrogen) atoms. The van der Waals surface area contributed by atoms with Crippen LogP contribution in [0, 0.1) is 0 Å². The van der Waals surface area contributed by atoms with E-state index in [2.05, 4.69) is 0 Å². The quantitative estimate of drug-likeness (QED) is 0.814. The van der Waals surface area contributed by atoms with Crippen LogP contribution in [0.4, 0.5) is 0 Å². The summed E-state index contributed by atoms with van der Waals surface area (Å²) in [5, 5.41) is 8.88. The van der Waals surface area contributed by atoms with Crippen molar-refractivity contribution >= 4 is 0 Å². The molecule has 3 nitrogen and oxygen atoms in total. The highest BCUT2D eigenvalue weighted by atomic mass is 16.5. The van der Waals surface area contributed by atoms with Crippen LogP contribution in [0.5, 0.6) is 0 Å². The van der Waals surface area contributed by atoms with Gasteiger partial charge in [0.05, 0.1) is 25.9 Å². The predicted molar refractivity (Wildman–Crippen MR) is 56.4 cm³/mol. The number of aliphatic hydroxyl groups excluding tert-OH is 1. The molecule has 0 bridgehead atoms. The Bertz CT molecular complexity index is 288. The SMILES string of the molecule is OCc1ccc(COC2CCOC2)cc1. The van der Waals surface area contributed by atoms with Crippen LogP contribution < -0.4 is 0 Å². The molecule has 1 heterocycles. The van der Waals surface area contributed by atoms with Gasteiger partial charge in [0.2, 0.25) is 0 Å². The fourth-order valence-electron chi connectivity index (χ4n) is 1.60. The Morgan fingerprint density at radius 2 is 2.00 bits per heavy atom. The van der Waals surface area contributed by atoms with Gasteiger partial charge < -0.3 is 14.6 Å². The Balaban J connectivity index is 1.82. The van der Waals surface area contributed by atoms with Crippen molar-refractivity contribution in [2.75, 3.05) is 13.2 Å². The molecule has 2 rings (SSSR count). The number of rotatable bonds is 4. The predicted octanol–water partition coefficient (Wildman–Crippen LogP) is 1.48. The standard InChI is InChI=1S/C12H16O3/c13-7-10-1-3-11(4-2-10)8-15-12-5-6-14-9-12/h1-4,12-13H,5-9H2. The maximum absolute atomic E-state index is 8.88. The third kappa shape index (κ3) is 3.02. The van der Waals surface area contributed by atoms with E-state index in [1.54, 1.807) is 0 Å². The molecule has 1 aromatic rings. The first-order valence-electron chi connectivity index (χ1n) is 5.26. The first kappa shape index (κ1) is 10.6. The number of hydrogen-bond acceptors (Lipinski definition) is 3. The zero-order chi connectivity index (χ0) is 10.5. The first-order chi connectivity index (χ1) is 7.38. The maximum atomic E-state index is 8.88. The number of aliphatic hydroxyl groups is 1. The van der Waals surface area contributed by atoms with E-state index in [0.29, 0.717) is 13.2 Å². The van der Waals surface area contributed by atoms with Crippen LogP contribution in [0.25, 0.3) is 0 Å². The monoisotopic (exact) mass is 208 g/mol. The van der Waals surface area contributed by atoms with E-state index in [9.17, 15) is 0 Å². The molecular weight excluding hydrogens is 192 g/mol. The lowest BCUT2D eigenvalue weighted by Gasteiger charge is -2.09. The van der Waals surface area contributed by atoms with Crippen LogP contribution >= 0.6 is 0 Å². The molecule has 0 radical (unpaired) electrons. The van der Waals surface area contributed by atoms with Gasteiger partial charge in [0.15, 0.2) is 0 Å². The summed E-state index contributed by atoms with van der Waals surface area (Å²) in [5.41, 5.74) is 2.07. The molecule has 1 fully saturated rings. The van der Waals surface area contributed by atoms with Crippen molar-refractivity contribution in [3.8, 4) is 0 Å². The molecule has 0 amide bonds. The molecule has 1 aromatic carbocycles. The van der Waals surface area contributed by atoms with E-state index < -0.39 is 0 Å². The second-order valence-electron chi connectivity index (χ2n) is 3.77. The molecule has 0 aromatic heterocycles. The van der Waals surface area contributed by atoms with E-state index in [0.717, 1.165) is 24.2 Å². The van der Waals surface area contributed by atoms with Crippen molar-refractivity contribution in [1.82, 2.24) is 0 Å². The Labute approximate surface area is 89.6 Å². The van der Waals surface area contributed by atoms with Crippen molar-refractivity contribution in [2.45, 2.75) is 25.7 Å². The molecule has 0 saturated carbocycles. The highest BCUT2D eigenvalue weighted by Gasteiger charge is 2.15. The summed E-state index contributed by atoms with van der Waals surface area (Å²) >= 11 is 0. The van der Waals surface area contributed by atoms with Crippen LogP contribution in [0.3, 0.4) is 0 Å². The molecule has 1 unspecified atom stereocenters. The van der Waals surface area contributed by atoms with E-state index in [1.165, 1.54) is 0 Å². The van der Waals surface area contributed by atoms with Crippen molar-refractivity contribution in [3.63, 3.8) is 0 Å². The van der Waals surface area contributed by atoms with Gasteiger partial charge in [-0.1, -0.05) is 24.3 Å². The Kier molecular flexibility index (Phi) is 3.72. The molecule has 0 aliphatic carbocycles. The number of hydrogen-bond donors (Lipinski definition) is 1. The lowest BCUT2D eigenvalue weighted by Crippen LogP contribution is -2.11. The number of ether oxygens (including phenoxy) is 2. The van der Waals surface area contributed by atoms with Crippen molar-refractivity contribution < 1.29 is 14.6 Å². The molecule has 3 heteroatoms. The van der Waals surface area contributed by atoms with Gasteiger partial charge in [0.25, 0.3) is 0 Å². The maximum Gasteiger partial charge on any atom is 0.0834 e. The van der Waals surface area contributed by atoms with Crippen LogP contribution in [0.2, 0.25) is 0 Å². The second kappa shape index (κ2) is 5.26. The zero-order valence-corrected chi connectivity index (χ0v) is 8.69. The van der Waals surface area contributed by atoms with Gasteiger partial charge in [-0.05, 0) is 17.5 Å². The van der Waals surface area contributed by atoms with Gasteiger partial charge in [0, 0.05) is 6.61 Å². The molecule has 0 spiro atoms. The summed E-state index contributed by atoms with van der Waals surface area (Å²) in [7, 11) is 0. The lowest BCUT2D eigenvalue weighted by molar-refractivity contribution is 0.0317. The minimum atomic E-state index is 0.0948. The van der Waals surface area contributed by atoms with Crippen molar-refractivity contribution in [1.29, 1.82) is 0 Å². The molecule has 1 atom stereocenters. The Hall–Kier alpha value is -0.900. The summed E-state index contributed by atoms with van der Waals surface area (Å²) in [6.45, 7) is 2.25. The van der Waals surface area contributed by atoms with Gasteiger partial charge >= 0.3 is 0 Å². The van der Waals surface area contributed by atoms with E-state index in [-0.39, 0.29) is 12.7 Å². The van der Waals surface area contributed by atoms with E-state index >= 15 is 0 Å². The molecule has 1 saturated heterocycles. The van der Waals surface area contributed by atoms with Gasteiger partial charge in [-0.15, -0.1) is 0 Å². The van der Waals surface area contributed by atoms with Gasteiger partial charge in [-0.3, -0.25) is 0 Å². The first-order valence-corrected chi connectivity index (χ1v) is 5.26. The fraction of sp³-hybridized carbons (Fsp3) is 0.500. The van der Waals surface area contributed by atoms with Gasteiger partial charge in [0.1, 0.15) is 0 Å². The van der Waals surface area contributed by atoms with Crippen molar-refractivity contribution in [2.24, 2.45) is 0 Å². The smallest absolute Gasteiger partial charge is 0.0834 e. The molecular formula is C12H16O3. The molecule has 1 N–H and O–H groups in total. The highest BCUT2D eigenvalue weighted by Crippen LogP contribution is 2.12. The summed E-state index contributed by atoms with van der Waals surface area (Å²) in [6.07, 6.45) is 1.25. The molecule has 82 valence electrons. The van der Waals surface area contributed by atoms with E-state index in [1.807, 2.05) is 24.3 Å². The normalized spacial score (nSPS) is 20.7. The van der Waals surface area contributed by atoms with Crippen LogP contribution in [0.15, 0.2) is 24.3 Å². The summed E-state index contributed by atoms with van der Waals surface area (Å²) in [6, 6.07) is 7.82. The summed E-state index contributed by atoms with van der Waals surface area (Å²) in [5.74, 6) is 0. The molecule has 1 aliphatic rings. The topological polar surface area (TPSA) is 38.7 Å². The third-order valence-electron chi connectivity index (χ3n) is 2.58. The Morgan fingerprint density at radius 1 is 1.27 bits per heavy atom. The summed E-state index contributed by atoms with van der Waals surface area (Å²) in [4.78, 5) is 0. The van der Waals surface area contributed by atoms with Crippen molar-refractivity contribution in [3.05, 3.63) is 35.4 Å². The highest BCUT2D eigenvalue weighted by molar-refractivity contribution is 5.21. The summed E-state index contributed by atoms with van der Waals surface area (Å²) < 4.78 is 10.9. The largest absolute Gasteiger partial charge is 0.392 e. The molecule has 1 aliphatic heterocycles. The zero-order valence-electron chi connectivity index (χ0n) is 8.69.